The Labute approximate surface area is 90.0 Å². The fourth-order valence-electron chi connectivity index (χ4n) is 1.16. The van der Waals surface area contributed by atoms with Gasteiger partial charge < -0.3 is 9.47 Å². The summed E-state index contributed by atoms with van der Waals surface area (Å²) in [6.07, 6.45) is -0.187. The van der Waals surface area contributed by atoms with Crippen LogP contribution in [0.2, 0.25) is 0 Å². The molecule has 0 heterocycles. The van der Waals surface area contributed by atoms with Crippen LogP contribution >= 0.6 is 0 Å². The molecule has 82 valence electrons. The molecule has 1 rings (SSSR count). The van der Waals surface area contributed by atoms with E-state index in [-0.39, 0.29) is 6.10 Å². The highest BCUT2D eigenvalue weighted by Crippen LogP contribution is 2.04. The standard InChI is InChI=1S/C12H16O3/c1-10-3-5-12(6-4-10)8-14-7-11(2)15-9-13/h3-6,9,11H,7-8H2,1-2H3. The highest BCUT2D eigenvalue weighted by Gasteiger charge is 2.01. The van der Waals surface area contributed by atoms with E-state index in [1.54, 1.807) is 6.92 Å². The van der Waals surface area contributed by atoms with E-state index in [9.17, 15) is 4.79 Å². The van der Waals surface area contributed by atoms with Gasteiger partial charge >= 0.3 is 0 Å². The van der Waals surface area contributed by atoms with Gasteiger partial charge in [-0.3, -0.25) is 4.79 Å². The monoisotopic (exact) mass is 208 g/mol. The van der Waals surface area contributed by atoms with Crippen LogP contribution in [0, 0.1) is 6.92 Å². The number of hydrogen-bond acceptors (Lipinski definition) is 3. The Hall–Kier alpha value is -1.35. The zero-order valence-corrected chi connectivity index (χ0v) is 9.10. The van der Waals surface area contributed by atoms with Gasteiger partial charge in [-0.1, -0.05) is 29.8 Å². The molecular formula is C12H16O3. The van der Waals surface area contributed by atoms with E-state index < -0.39 is 0 Å². The highest BCUT2D eigenvalue weighted by molar-refractivity contribution is 5.37. The molecule has 1 aromatic rings. The van der Waals surface area contributed by atoms with Crippen LogP contribution in [0.5, 0.6) is 0 Å². The second-order valence-corrected chi connectivity index (χ2v) is 3.54. The Kier molecular flexibility index (Phi) is 4.84. The quantitative estimate of drug-likeness (QED) is 0.671. The lowest BCUT2D eigenvalue weighted by Crippen LogP contribution is -2.14. The lowest BCUT2D eigenvalue weighted by Gasteiger charge is -2.10. The molecule has 15 heavy (non-hydrogen) atoms. The molecule has 0 aliphatic carbocycles. The van der Waals surface area contributed by atoms with Crippen molar-refractivity contribution in [1.82, 2.24) is 0 Å². The molecule has 0 aliphatic heterocycles. The Morgan fingerprint density at radius 2 is 2.00 bits per heavy atom. The maximum Gasteiger partial charge on any atom is 0.293 e. The lowest BCUT2D eigenvalue weighted by atomic mass is 10.2. The van der Waals surface area contributed by atoms with Crippen molar-refractivity contribution < 1.29 is 14.3 Å². The first-order chi connectivity index (χ1) is 7.22. The van der Waals surface area contributed by atoms with E-state index in [1.165, 1.54) is 5.56 Å². The van der Waals surface area contributed by atoms with E-state index in [0.29, 0.717) is 19.7 Å². The van der Waals surface area contributed by atoms with Crippen molar-refractivity contribution in [3.05, 3.63) is 35.4 Å². The summed E-state index contributed by atoms with van der Waals surface area (Å²) in [5.74, 6) is 0. The summed E-state index contributed by atoms with van der Waals surface area (Å²) in [5.41, 5.74) is 2.36. The molecule has 0 fully saturated rings. The van der Waals surface area contributed by atoms with Gasteiger partial charge in [-0.2, -0.15) is 0 Å². The van der Waals surface area contributed by atoms with Crippen LogP contribution in [-0.4, -0.2) is 19.2 Å². The molecule has 3 nitrogen and oxygen atoms in total. The minimum Gasteiger partial charge on any atom is -0.462 e. The molecule has 0 saturated heterocycles. The first-order valence-corrected chi connectivity index (χ1v) is 4.94. The third-order valence-corrected chi connectivity index (χ3v) is 2.03. The van der Waals surface area contributed by atoms with Crippen LogP contribution in [-0.2, 0) is 20.9 Å². The fraction of sp³-hybridized carbons (Fsp3) is 0.417. The number of carbonyl (C=O) groups excluding carboxylic acids is 1. The van der Waals surface area contributed by atoms with E-state index in [2.05, 4.69) is 0 Å². The van der Waals surface area contributed by atoms with Crippen molar-refractivity contribution in [2.45, 2.75) is 26.6 Å². The zero-order valence-electron chi connectivity index (χ0n) is 9.10. The first kappa shape index (κ1) is 11.7. The third kappa shape index (κ3) is 4.61. The van der Waals surface area contributed by atoms with Crippen LogP contribution < -0.4 is 0 Å². The normalized spacial score (nSPS) is 12.1. The zero-order chi connectivity index (χ0) is 11.1. The molecule has 0 spiro atoms. The first-order valence-electron chi connectivity index (χ1n) is 4.94. The van der Waals surface area contributed by atoms with Gasteiger partial charge in [0.15, 0.2) is 0 Å². The van der Waals surface area contributed by atoms with Crippen molar-refractivity contribution in [2.24, 2.45) is 0 Å². The average Bonchev–Trinajstić information content (AvgIpc) is 2.21. The van der Waals surface area contributed by atoms with Gasteiger partial charge in [-0.05, 0) is 19.4 Å². The van der Waals surface area contributed by atoms with Crippen molar-refractivity contribution in [3.63, 3.8) is 0 Å². The molecule has 1 unspecified atom stereocenters. The summed E-state index contributed by atoms with van der Waals surface area (Å²) in [6, 6.07) is 8.15. The number of ether oxygens (including phenoxy) is 2. The van der Waals surface area contributed by atoms with E-state index >= 15 is 0 Å². The van der Waals surface area contributed by atoms with Crippen molar-refractivity contribution in [2.75, 3.05) is 6.61 Å². The summed E-state index contributed by atoms with van der Waals surface area (Å²) in [6.45, 7) is 5.26. The molecule has 0 bridgehead atoms. The predicted molar refractivity (Wildman–Crippen MR) is 57.4 cm³/mol. The molecular weight excluding hydrogens is 192 g/mol. The van der Waals surface area contributed by atoms with Crippen LogP contribution in [0.4, 0.5) is 0 Å². The minimum atomic E-state index is -0.187. The van der Waals surface area contributed by atoms with Crippen molar-refractivity contribution >= 4 is 6.47 Å². The highest BCUT2D eigenvalue weighted by atomic mass is 16.6. The van der Waals surface area contributed by atoms with Gasteiger partial charge in [-0.15, -0.1) is 0 Å². The summed E-state index contributed by atoms with van der Waals surface area (Å²) < 4.78 is 10.1. The molecule has 0 aromatic heterocycles. The van der Waals surface area contributed by atoms with Gasteiger partial charge in [0.1, 0.15) is 6.10 Å². The van der Waals surface area contributed by atoms with E-state index in [4.69, 9.17) is 9.47 Å². The van der Waals surface area contributed by atoms with Crippen LogP contribution in [0.25, 0.3) is 0 Å². The topological polar surface area (TPSA) is 35.5 Å². The second kappa shape index (κ2) is 6.19. The molecule has 0 saturated carbocycles. The van der Waals surface area contributed by atoms with Crippen molar-refractivity contribution in [1.29, 1.82) is 0 Å². The Morgan fingerprint density at radius 3 is 2.60 bits per heavy atom. The Bertz CT molecular complexity index is 292. The molecule has 1 atom stereocenters. The van der Waals surface area contributed by atoms with E-state index in [1.807, 2.05) is 31.2 Å². The Morgan fingerprint density at radius 1 is 1.33 bits per heavy atom. The minimum absolute atomic E-state index is 0.187. The molecule has 0 aliphatic rings. The SMILES string of the molecule is Cc1ccc(COCC(C)OC=O)cc1. The second-order valence-electron chi connectivity index (χ2n) is 3.54. The molecule has 0 N–H and O–H groups in total. The van der Waals surface area contributed by atoms with Gasteiger partial charge in [0.25, 0.3) is 6.47 Å². The smallest absolute Gasteiger partial charge is 0.293 e. The van der Waals surface area contributed by atoms with Gasteiger partial charge in [0.05, 0.1) is 13.2 Å². The summed E-state index contributed by atoms with van der Waals surface area (Å²) in [7, 11) is 0. The number of rotatable bonds is 6. The lowest BCUT2D eigenvalue weighted by molar-refractivity contribution is -0.135. The van der Waals surface area contributed by atoms with E-state index in [0.717, 1.165) is 5.56 Å². The Balaban J connectivity index is 2.25. The van der Waals surface area contributed by atoms with Gasteiger partial charge in [-0.25, -0.2) is 0 Å². The fourth-order valence-corrected chi connectivity index (χ4v) is 1.16. The van der Waals surface area contributed by atoms with Gasteiger partial charge in [0, 0.05) is 0 Å². The van der Waals surface area contributed by atoms with Gasteiger partial charge in [0.2, 0.25) is 0 Å². The largest absolute Gasteiger partial charge is 0.462 e. The maximum absolute atomic E-state index is 10.0. The van der Waals surface area contributed by atoms with Crippen LogP contribution in [0.15, 0.2) is 24.3 Å². The summed E-state index contributed by atoms with van der Waals surface area (Å²) in [5, 5.41) is 0. The summed E-state index contributed by atoms with van der Waals surface area (Å²) >= 11 is 0. The van der Waals surface area contributed by atoms with Crippen molar-refractivity contribution in [3.8, 4) is 0 Å². The van der Waals surface area contributed by atoms with Crippen LogP contribution in [0.1, 0.15) is 18.1 Å². The number of benzene rings is 1. The number of hydrogen-bond donors (Lipinski definition) is 0. The maximum atomic E-state index is 10.0. The van der Waals surface area contributed by atoms with Crippen LogP contribution in [0.3, 0.4) is 0 Å². The predicted octanol–water partition coefficient (Wildman–Crippen LogP) is 2.07. The summed E-state index contributed by atoms with van der Waals surface area (Å²) in [4.78, 5) is 10.0. The number of aryl methyl sites for hydroxylation is 1. The number of carbonyl (C=O) groups is 1. The average molecular weight is 208 g/mol. The molecule has 0 radical (unpaired) electrons. The molecule has 3 heteroatoms. The third-order valence-electron chi connectivity index (χ3n) is 2.03. The molecule has 0 amide bonds. The molecule has 1 aromatic carbocycles.